The standard InChI is InChI=1S/C13H16N2O4/c14-9-6-4-5-19-12(6)10(9)15-13(18)7-2-1-3-8(16)11(7)17/h1-3,6,9-10,12,16-17H,4-5,14H2,(H,15,18). The van der Waals surface area contributed by atoms with E-state index in [1.165, 1.54) is 18.2 Å². The molecule has 0 bridgehead atoms. The van der Waals surface area contributed by atoms with Gasteiger partial charge in [-0.2, -0.15) is 0 Å². The zero-order valence-corrected chi connectivity index (χ0v) is 10.2. The Morgan fingerprint density at radius 1 is 1.42 bits per heavy atom. The number of carbonyl (C=O) groups excluding carboxylic acids is 1. The molecule has 1 heterocycles. The summed E-state index contributed by atoms with van der Waals surface area (Å²) in [6.07, 6.45) is 0.897. The molecule has 19 heavy (non-hydrogen) atoms. The summed E-state index contributed by atoms with van der Waals surface area (Å²) in [7, 11) is 0. The van der Waals surface area contributed by atoms with Crippen LogP contribution in [-0.2, 0) is 4.74 Å². The van der Waals surface area contributed by atoms with Crippen LogP contribution in [0.5, 0.6) is 11.5 Å². The molecule has 2 aliphatic rings. The van der Waals surface area contributed by atoms with E-state index in [9.17, 15) is 15.0 Å². The van der Waals surface area contributed by atoms with E-state index in [-0.39, 0.29) is 29.5 Å². The Morgan fingerprint density at radius 2 is 2.21 bits per heavy atom. The summed E-state index contributed by atoms with van der Waals surface area (Å²) >= 11 is 0. The molecule has 1 amide bonds. The molecular formula is C13H16N2O4. The first-order chi connectivity index (χ1) is 9.09. The fraction of sp³-hybridized carbons (Fsp3) is 0.462. The number of para-hydroxylation sites is 1. The van der Waals surface area contributed by atoms with Crippen LogP contribution in [0, 0.1) is 5.92 Å². The number of amides is 1. The lowest BCUT2D eigenvalue weighted by Gasteiger charge is -2.45. The van der Waals surface area contributed by atoms with E-state index in [1.54, 1.807) is 0 Å². The van der Waals surface area contributed by atoms with Gasteiger partial charge in [-0.15, -0.1) is 0 Å². The molecule has 1 aromatic rings. The van der Waals surface area contributed by atoms with Gasteiger partial charge in [-0.05, 0) is 18.6 Å². The highest BCUT2D eigenvalue weighted by Crippen LogP contribution is 2.38. The molecular weight excluding hydrogens is 248 g/mol. The number of nitrogens with one attached hydrogen (secondary N) is 1. The Kier molecular flexibility index (Phi) is 2.83. The van der Waals surface area contributed by atoms with Gasteiger partial charge >= 0.3 is 0 Å². The van der Waals surface area contributed by atoms with Crippen LogP contribution in [0.15, 0.2) is 18.2 Å². The normalized spacial score (nSPS) is 32.5. The predicted octanol–water partition coefficient (Wildman–Crippen LogP) is -0.0578. The van der Waals surface area contributed by atoms with E-state index in [2.05, 4.69) is 5.32 Å². The molecule has 0 radical (unpaired) electrons. The van der Waals surface area contributed by atoms with Crippen molar-refractivity contribution in [3.63, 3.8) is 0 Å². The molecule has 102 valence electrons. The third-order valence-corrected chi connectivity index (χ3v) is 4.00. The van der Waals surface area contributed by atoms with Gasteiger partial charge in [-0.25, -0.2) is 0 Å². The van der Waals surface area contributed by atoms with Gasteiger partial charge in [-0.1, -0.05) is 6.07 Å². The van der Waals surface area contributed by atoms with E-state index in [0.717, 1.165) is 6.42 Å². The number of phenolic OH excluding ortho intramolecular Hbond substituents is 2. The topological polar surface area (TPSA) is 105 Å². The number of hydrogen-bond donors (Lipinski definition) is 4. The number of nitrogens with two attached hydrogens (primary N) is 1. The van der Waals surface area contributed by atoms with Gasteiger partial charge in [0.25, 0.3) is 5.91 Å². The lowest BCUT2D eigenvalue weighted by atomic mass is 9.72. The zero-order chi connectivity index (χ0) is 13.6. The minimum atomic E-state index is -0.456. The van der Waals surface area contributed by atoms with Crippen LogP contribution in [0.2, 0.25) is 0 Å². The molecule has 1 saturated carbocycles. The van der Waals surface area contributed by atoms with Gasteiger partial charge < -0.3 is 26.0 Å². The fourth-order valence-electron chi connectivity index (χ4n) is 2.87. The summed E-state index contributed by atoms with van der Waals surface area (Å²) in [5.41, 5.74) is 6.03. The van der Waals surface area contributed by atoms with Crippen molar-refractivity contribution < 1.29 is 19.7 Å². The summed E-state index contributed by atoms with van der Waals surface area (Å²) in [6, 6.07) is 3.91. The van der Waals surface area contributed by atoms with E-state index in [4.69, 9.17) is 10.5 Å². The number of benzene rings is 1. The quantitative estimate of drug-likeness (QED) is 0.560. The van der Waals surface area contributed by atoms with Gasteiger partial charge in [0.2, 0.25) is 0 Å². The minimum absolute atomic E-state index is 0.0293. The maximum Gasteiger partial charge on any atom is 0.255 e. The maximum atomic E-state index is 12.1. The average Bonchev–Trinajstić information content (AvgIpc) is 2.83. The number of hydrogen-bond acceptors (Lipinski definition) is 5. The molecule has 1 aliphatic heterocycles. The van der Waals surface area contributed by atoms with Gasteiger partial charge in [0.05, 0.1) is 17.7 Å². The van der Waals surface area contributed by atoms with Gasteiger partial charge in [0.15, 0.2) is 11.5 Å². The Morgan fingerprint density at radius 3 is 3.00 bits per heavy atom. The van der Waals surface area contributed by atoms with Crippen LogP contribution < -0.4 is 11.1 Å². The lowest BCUT2D eigenvalue weighted by molar-refractivity contribution is -0.0161. The molecule has 3 rings (SSSR count). The number of fused-ring (bicyclic) bond motifs is 1. The molecule has 6 heteroatoms. The third-order valence-electron chi connectivity index (χ3n) is 4.00. The molecule has 6 nitrogen and oxygen atoms in total. The number of carbonyl (C=O) groups is 1. The average molecular weight is 264 g/mol. The fourth-order valence-corrected chi connectivity index (χ4v) is 2.87. The van der Waals surface area contributed by atoms with Gasteiger partial charge in [0.1, 0.15) is 0 Å². The van der Waals surface area contributed by atoms with E-state index >= 15 is 0 Å². The molecule has 4 unspecified atom stereocenters. The first-order valence-corrected chi connectivity index (χ1v) is 6.28. The molecule has 1 saturated heterocycles. The maximum absolute atomic E-state index is 12.1. The van der Waals surface area contributed by atoms with Crippen molar-refractivity contribution in [2.75, 3.05) is 6.61 Å². The van der Waals surface area contributed by atoms with Crippen molar-refractivity contribution >= 4 is 5.91 Å². The van der Waals surface area contributed by atoms with Crippen LogP contribution in [0.3, 0.4) is 0 Å². The number of rotatable bonds is 2. The number of phenols is 2. The minimum Gasteiger partial charge on any atom is -0.504 e. The van der Waals surface area contributed by atoms with Crippen LogP contribution in [0.1, 0.15) is 16.8 Å². The smallest absolute Gasteiger partial charge is 0.255 e. The van der Waals surface area contributed by atoms with E-state index in [0.29, 0.717) is 12.5 Å². The molecule has 0 spiro atoms. The summed E-state index contributed by atoms with van der Waals surface area (Å²) in [4.78, 5) is 12.1. The monoisotopic (exact) mass is 264 g/mol. The molecule has 5 N–H and O–H groups in total. The highest BCUT2D eigenvalue weighted by atomic mass is 16.5. The summed E-state index contributed by atoms with van der Waals surface area (Å²) < 4.78 is 5.52. The molecule has 1 aliphatic carbocycles. The second-order valence-electron chi connectivity index (χ2n) is 5.04. The van der Waals surface area contributed by atoms with Crippen LogP contribution in [-0.4, -0.2) is 40.9 Å². The highest BCUT2D eigenvalue weighted by molar-refractivity contribution is 5.97. The molecule has 2 fully saturated rings. The Bertz CT molecular complexity index is 519. The second kappa shape index (κ2) is 4.40. The van der Waals surface area contributed by atoms with Crippen molar-refractivity contribution in [2.45, 2.75) is 24.6 Å². The molecule has 0 aromatic heterocycles. The van der Waals surface area contributed by atoms with Crippen molar-refractivity contribution in [1.82, 2.24) is 5.32 Å². The first kappa shape index (κ1) is 12.3. The van der Waals surface area contributed by atoms with Gasteiger partial charge in [-0.3, -0.25) is 4.79 Å². The van der Waals surface area contributed by atoms with E-state index < -0.39 is 11.7 Å². The van der Waals surface area contributed by atoms with Crippen molar-refractivity contribution in [2.24, 2.45) is 11.7 Å². The second-order valence-corrected chi connectivity index (χ2v) is 5.04. The Labute approximate surface area is 110 Å². The van der Waals surface area contributed by atoms with Crippen molar-refractivity contribution in [1.29, 1.82) is 0 Å². The zero-order valence-electron chi connectivity index (χ0n) is 10.2. The van der Waals surface area contributed by atoms with Crippen LogP contribution in [0.25, 0.3) is 0 Å². The highest BCUT2D eigenvalue weighted by Gasteiger charge is 2.52. The molecule has 4 atom stereocenters. The SMILES string of the molecule is NC1C2CCOC2C1NC(=O)c1cccc(O)c1O. The largest absolute Gasteiger partial charge is 0.504 e. The van der Waals surface area contributed by atoms with Crippen LogP contribution >= 0.6 is 0 Å². The van der Waals surface area contributed by atoms with E-state index in [1.807, 2.05) is 0 Å². The van der Waals surface area contributed by atoms with Crippen molar-refractivity contribution in [3.05, 3.63) is 23.8 Å². The third kappa shape index (κ3) is 1.84. The number of ether oxygens (including phenoxy) is 1. The predicted molar refractivity (Wildman–Crippen MR) is 66.8 cm³/mol. The summed E-state index contributed by atoms with van der Waals surface area (Å²) in [6.45, 7) is 0.673. The first-order valence-electron chi connectivity index (χ1n) is 6.28. The number of aromatic hydroxyl groups is 2. The summed E-state index contributed by atoms with van der Waals surface area (Å²) in [5, 5.41) is 21.8. The van der Waals surface area contributed by atoms with Crippen molar-refractivity contribution in [3.8, 4) is 11.5 Å². The molecule has 1 aromatic carbocycles. The Balaban J connectivity index is 1.73. The Hall–Kier alpha value is -1.79. The lowest BCUT2D eigenvalue weighted by Crippen LogP contribution is -2.68. The summed E-state index contributed by atoms with van der Waals surface area (Å²) in [5.74, 6) is -0.886. The van der Waals surface area contributed by atoms with Gasteiger partial charge in [0, 0.05) is 18.6 Å². The van der Waals surface area contributed by atoms with Crippen LogP contribution in [0.4, 0.5) is 0 Å².